The summed E-state index contributed by atoms with van der Waals surface area (Å²) in [4.78, 5) is 0. The molecule has 0 aromatic carbocycles. The third kappa shape index (κ3) is 1.02. The minimum absolute atomic E-state index is 0.245. The molecule has 1 heterocycles. The van der Waals surface area contributed by atoms with Gasteiger partial charge in [-0.3, -0.25) is 0 Å². The zero-order valence-corrected chi connectivity index (χ0v) is 5.15. The van der Waals surface area contributed by atoms with Gasteiger partial charge in [-0.05, 0) is 18.6 Å². The van der Waals surface area contributed by atoms with E-state index in [0.717, 1.165) is 5.56 Å². The molecule has 1 aromatic rings. The van der Waals surface area contributed by atoms with E-state index in [0.29, 0.717) is 0 Å². The van der Waals surface area contributed by atoms with Gasteiger partial charge in [-0.15, -0.1) is 0 Å². The maximum atomic E-state index is 12.2. The quantitative estimate of drug-likeness (QED) is 0.563. The van der Waals surface area contributed by atoms with Crippen molar-refractivity contribution in [1.82, 2.24) is 0 Å². The number of aryl methyl sites for hydroxylation is 1. The molecular formula is C7H7FO. The van der Waals surface area contributed by atoms with E-state index >= 15 is 0 Å². The maximum absolute atomic E-state index is 12.2. The van der Waals surface area contributed by atoms with Gasteiger partial charge >= 0.3 is 0 Å². The molecule has 0 aliphatic rings. The van der Waals surface area contributed by atoms with Gasteiger partial charge in [0.15, 0.2) is 11.6 Å². The smallest absolute Gasteiger partial charge is 0.164 e. The maximum Gasteiger partial charge on any atom is 0.164 e. The van der Waals surface area contributed by atoms with Crippen molar-refractivity contribution in [2.45, 2.75) is 6.92 Å². The molecule has 0 aliphatic carbocycles. The highest BCUT2D eigenvalue weighted by Gasteiger charge is 2.03. The van der Waals surface area contributed by atoms with Gasteiger partial charge in [0.05, 0.1) is 6.26 Å². The van der Waals surface area contributed by atoms with E-state index in [4.69, 9.17) is 4.42 Å². The minimum atomic E-state index is -0.516. The SMILES string of the molecule is C=C(F)c1occc1C. The summed E-state index contributed by atoms with van der Waals surface area (Å²) >= 11 is 0. The van der Waals surface area contributed by atoms with Gasteiger partial charge in [-0.25, -0.2) is 4.39 Å². The lowest BCUT2D eigenvalue weighted by Crippen LogP contribution is -1.72. The molecule has 0 fully saturated rings. The van der Waals surface area contributed by atoms with Gasteiger partial charge in [-0.2, -0.15) is 0 Å². The Morgan fingerprint density at radius 3 is 2.67 bits per heavy atom. The summed E-state index contributed by atoms with van der Waals surface area (Å²) < 4.78 is 17.0. The molecule has 2 heteroatoms. The zero-order chi connectivity index (χ0) is 6.85. The molecule has 0 bridgehead atoms. The van der Waals surface area contributed by atoms with Crippen LogP contribution in [0.4, 0.5) is 4.39 Å². The van der Waals surface area contributed by atoms with Gasteiger partial charge < -0.3 is 4.42 Å². The van der Waals surface area contributed by atoms with Crippen LogP contribution in [0.3, 0.4) is 0 Å². The van der Waals surface area contributed by atoms with Gasteiger partial charge in [0.1, 0.15) is 0 Å². The first-order valence-corrected chi connectivity index (χ1v) is 2.60. The molecule has 0 spiro atoms. The van der Waals surface area contributed by atoms with Crippen LogP contribution in [0.5, 0.6) is 0 Å². The summed E-state index contributed by atoms with van der Waals surface area (Å²) in [5, 5.41) is 0. The molecule has 0 aliphatic heterocycles. The van der Waals surface area contributed by atoms with Crippen molar-refractivity contribution in [2.24, 2.45) is 0 Å². The van der Waals surface area contributed by atoms with Crippen molar-refractivity contribution in [3.05, 3.63) is 30.2 Å². The van der Waals surface area contributed by atoms with Crippen molar-refractivity contribution in [3.8, 4) is 0 Å². The fraction of sp³-hybridized carbons (Fsp3) is 0.143. The van der Waals surface area contributed by atoms with Gasteiger partial charge in [0.25, 0.3) is 0 Å². The van der Waals surface area contributed by atoms with Crippen molar-refractivity contribution in [2.75, 3.05) is 0 Å². The standard InChI is InChI=1S/C7H7FO/c1-5-3-4-9-7(5)6(2)8/h3-4H,2H2,1H3. The lowest BCUT2D eigenvalue weighted by Gasteiger charge is -1.88. The summed E-state index contributed by atoms with van der Waals surface area (Å²) in [6.45, 7) is 4.87. The number of rotatable bonds is 1. The Labute approximate surface area is 52.8 Å². The molecule has 1 aromatic heterocycles. The van der Waals surface area contributed by atoms with Gasteiger partial charge in [0, 0.05) is 0 Å². The second-order valence-corrected chi connectivity index (χ2v) is 1.84. The fourth-order valence-corrected chi connectivity index (χ4v) is 0.651. The third-order valence-corrected chi connectivity index (χ3v) is 1.11. The molecular weight excluding hydrogens is 119 g/mol. The van der Waals surface area contributed by atoms with Crippen LogP contribution in [0, 0.1) is 6.92 Å². The Bertz CT molecular complexity index is 225. The molecule has 0 radical (unpaired) electrons. The van der Waals surface area contributed by atoms with E-state index < -0.39 is 5.83 Å². The van der Waals surface area contributed by atoms with Crippen LogP contribution in [-0.4, -0.2) is 0 Å². The average molecular weight is 126 g/mol. The molecule has 0 saturated heterocycles. The second-order valence-electron chi connectivity index (χ2n) is 1.84. The van der Waals surface area contributed by atoms with Crippen LogP contribution >= 0.6 is 0 Å². The van der Waals surface area contributed by atoms with Crippen molar-refractivity contribution in [3.63, 3.8) is 0 Å². The second kappa shape index (κ2) is 2.05. The van der Waals surface area contributed by atoms with E-state index in [9.17, 15) is 4.39 Å². The van der Waals surface area contributed by atoms with E-state index in [-0.39, 0.29) is 5.76 Å². The Hall–Kier alpha value is -1.05. The highest BCUT2D eigenvalue weighted by molar-refractivity contribution is 5.53. The molecule has 0 saturated carbocycles. The number of furan rings is 1. The molecule has 9 heavy (non-hydrogen) atoms. The lowest BCUT2D eigenvalue weighted by atomic mass is 10.3. The Balaban J connectivity index is 3.08. The van der Waals surface area contributed by atoms with Crippen LogP contribution in [0.2, 0.25) is 0 Å². The van der Waals surface area contributed by atoms with E-state index in [1.807, 2.05) is 0 Å². The van der Waals surface area contributed by atoms with Crippen molar-refractivity contribution >= 4 is 5.83 Å². The van der Waals surface area contributed by atoms with Crippen LogP contribution in [0.1, 0.15) is 11.3 Å². The largest absolute Gasteiger partial charge is 0.462 e. The summed E-state index contributed by atoms with van der Waals surface area (Å²) in [6, 6.07) is 1.69. The normalized spacial score (nSPS) is 9.56. The lowest BCUT2D eigenvalue weighted by molar-refractivity contribution is 0.530. The van der Waals surface area contributed by atoms with Crippen LogP contribution < -0.4 is 0 Å². The Morgan fingerprint density at radius 2 is 2.44 bits per heavy atom. The Morgan fingerprint density at radius 1 is 1.78 bits per heavy atom. The predicted octanol–water partition coefficient (Wildman–Crippen LogP) is 2.53. The minimum Gasteiger partial charge on any atom is -0.462 e. The zero-order valence-electron chi connectivity index (χ0n) is 5.15. The van der Waals surface area contributed by atoms with E-state index in [1.54, 1.807) is 13.0 Å². The number of halogens is 1. The van der Waals surface area contributed by atoms with Crippen molar-refractivity contribution in [1.29, 1.82) is 0 Å². The molecule has 0 amide bonds. The topological polar surface area (TPSA) is 13.1 Å². The fourth-order valence-electron chi connectivity index (χ4n) is 0.651. The van der Waals surface area contributed by atoms with Crippen molar-refractivity contribution < 1.29 is 8.81 Å². The van der Waals surface area contributed by atoms with Gasteiger partial charge in [-0.1, -0.05) is 6.58 Å². The van der Waals surface area contributed by atoms with Crippen LogP contribution in [0.15, 0.2) is 23.3 Å². The third-order valence-electron chi connectivity index (χ3n) is 1.11. The molecule has 0 atom stereocenters. The highest BCUT2D eigenvalue weighted by atomic mass is 19.1. The first-order valence-electron chi connectivity index (χ1n) is 2.60. The first-order chi connectivity index (χ1) is 4.22. The van der Waals surface area contributed by atoms with E-state index in [1.165, 1.54) is 6.26 Å². The number of hydrogen-bond acceptors (Lipinski definition) is 1. The number of hydrogen-bond donors (Lipinski definition) is 0. The average Bonchev–Trinajstić information content (AvgIpc) is 2.13. The van der Waals surface area contributed by atoms with Gasteiger partial charge in [0.2, 0.25) is 0 Å². The summed E-state index contributed by atoms with van der Waals surface area (Å²) in [7, 11) is 0. The molecule has 1 nitrogen and oxygen atoms in total. The van der Waals surface area contributed by atoms with Crippen LogP contribution in [0.25, 0.3) is 5.83 Å². The van der Waals surface area contributed by atoms with Crippen LogP contribution in [-0.2, 0) is 0 Å². The highest BCUT2D eigenvalue weighted by Crippen LogP contribution is 2.18. The predicted molar refractivity (Wildman–Crippen MR) is 33.6 cm³/mol. The molecule has 0 unspecified atom stereocenters. The molecule has 0 N–H and O–H groups in total. The monoisotopic (exact) mass is 126 g/mol. The summed E-state index contributed by atoms with van der Waals surface area (Å²) in [6.07, 6.45) is 1.44. The Kier molecular flexibility index (Phi) is 1.39. The first kappa shape index (κ1) is 6.08. The summed E-state index contributed by atoms with van der Waals surface area (Å²) in [5.41, 5.74) is 0.780. The molecule has 1 rings (SSSR count). The molecule has 48 valence electrons. The summed E-state index contributed by atoms with van der Waals surface area (Å²) in [5.74, 6) is -0.271. The van der Waals surface area contributed by atoms with E-state index in [2.05, 4.69) is 6.58 Å².